The first-order valence-electron chi connectivity index (χ1n) is 6.07. The van der Waals surface area contributed by atoms with Gasteiger partial charge in [0.05, 0.1) is 11.3 Å². The van der Waals surface area contributed by atoms with E-state index in [1.54, 1.807) is 19.9 Å². The molecule has 0 aromatic carbocycles. The highest BCUT2D eigenvalue weighted by atomic mass is 32.1. The SMILES string of the molecule is Cc1ccc(C(=O)NNC(=O)CC(C)(C)CC(=O)O)s1. The first-order valence-corrected chi connectivity index (χ1v) is 6.89. The third-order valence-electron chi connectivity index (χ3n) is 2.55. The van der Waals surface area contributed by atoms with Gasteiger partial charge in [-0.15, -0.1) is 11.3 Å². The van der Waals surface area contributed by atoms with Gasteiger partial charge in [-0.1, -0.05) is 13.8 Å². The lowest BCUT2D eigenvalue weighted by atomic mass is 9.85. The van der Waals surface area contributed by atoms with Gasteiger partial charge < -0.3 is 5.11 Å². The molecule has 0 aliphatic carbocycles. The quantitative estimate of drug-likeness (QED) is 0.721. The van der Waals surface area contributed by atoms with Crippen molar-refractivity contribution in [2.75, 3.05) is 0 Å². The molecule has 7 heteroatoms. The molecule has 1 aromatic heterocycles. The highest BCUT2D eigenvalue weighted by Crippen LogP contribution is 2.24. The summed E-state index contributed by atoms with van der Waals surface area (Å²) in [4.78, 5) is 35.5. The molecule has 0 saturated heterocycles. The Morgan fingerprint density at radius 1 is 1.20 bits per heavy atom. The van der Waals surface area contributed by atoms with E-state index in [0.29, 0.717) is 4.88 Å². The molecular formula is C13H18N2O4S. The Balaban J connectivity index is 2.43. The van der Waals surface area contributed by atoms with Crippen LogP contribution in [0.3, 0.4) is 0 Å². The van der Waals surface area contributed by atoms with Gasteiger partial charge in [-0.2, -0.15) is 0 Å². The molecule has 0 aliphatic rings. The number of nitrogens with one attached hydrogen (secondary N) is 2. The van der Waals surface area contributed by atoms with Crippen molar-refractivity contribution in [2.45, 2.75) is 33.6 Å². The minimum Gasteiger partial charge on any atom is -0.481 e. The highest BCUT2D eigenvalue weighted by Gasteiger charge is 2.25. The van der Waals surface area contributed by atoms with Crippen molar-refractivity contribution >= 4 is 29.1 Å². The fraction of sp³-hybridized carbons (Fsp3) is 0.462. The number of hydrogen-bond acceptors (Lipinski definition) is 4. The molecule has 1 heterocycles. The number of amides is 2. The molecule has 0 bridgehead atoms. The maximum absolute atomic E-state index is 11.7. The molecule has 3 N–H and O–H groups in total. The molecule has 110 valence electrons. The van der Waals surface area contributed by atoms with Crippen molar-refractivity contribution < 1.29 is 19.5 Å². The molecule has 20 heavy (non-hydrogen) atoms. The van der Waals surface area contributed by atoms with E-state index in [4.69, 9.17) is 5.11 Å². The second-order valence-electron chi connectivity index (χ2n) is 5.32. The smallest absolute Gasteiger partial charge is 0.303 e. The standard InChI is InChI=1S/C13H18N2O4S/c1-8-4-5-9(20-8)12(19)15-14-10(16)6-13(2,3)7-11(17)18/h4-5H,6-7H2,1-3H3,(H,14,16)(H,15,19)(H,17,18). The van der Waals surface area contributed by atoms with Gasteiger partial charge in [-0.3, -0.25) is 25.2 Å². The van der Waals surface area contributed by atoms with E-state index in [9.17, 15) is 14.4 Å². The van der Waals surface area contributed by atoms with E-state index >= 15 is 0 Å². The van der Waals surface area contributed by atoms with Crippen LogP contribution in [0.4, 0.5) is 0 Å². The van der Waals surface area contributed by atoms with Crippen molar-refractivity contribution in [3.63, 3.8) is 0 Å². The Hall–Kier alpha value is -1.89. The third kappa shape index (κ3) is 5.40. The predicted molar refractivity (Wildman–Crippen MR) is 75.3 cm³/mol. The molecule has 6 nitrogen and oxygen atoms in total. The second kappa shape index (κ2) is 6.51. The van der Waals surface area contributed by atoms with Crippen molar-refractivity contribution in [3.05, 3.63) is 21.9 Å². The van der Waals surface area contributed by atoms with Gasteiger partial charge in [0, 0.05) is 11.3 Å². The van der Waals surface area contributed by atoms with E-state index in [1.807, 2.05) is 13.0 Å². The minimum absolute atomic E-state index is 0.0169. The lowest BCUT2D eigenvalue weighted by Crippen LogP contribution is -2.43. The van der Waals surface area contributed by atoms with Crippen molar-refractivity contribution in [3.8, 4) is 0 Å². The van der Waals surface area contributed by atoms with Gasteiger partial charge in [-0.05, 0) is 24.5 Å². The van der Waals surface area contributed by atoms with E-state index in [1.165, 1.54) is 11.3 Å². The lowest BCUT2D eigenvalue weighted by molar-refractivity contribution is -0.139. The third-order valence-corrected chi connectivity index (χ3v) is 3.55. The van der Waals surface area contributed by atoms with Crippen LogP contribution in [0, 0.1) is 12.3 Å². The molecule has 0 unspecified atom stereocenters. The van der Waals surface area contributed by atoms with Crippen LogP contribution in [0.5, 0.6) is 0 Å². The topological polar surface area (TPSA) is 95.5 Å². The summed E-state index contributed by atoms with van der Waals surface area (Å²) in [7, 11) is 0. The van der Waals surface area contributed by atoms with Crippen LogP contribution in [0.1, 0.15) is 41.2 Å². The van der Waals surface area contributed by atoms with Crippen molar-refractivity contribution in [1.82, 2.24) is 10.9 Å². The summed E-state index contributed by atoms with van der Waals surface area (Å²) in [6.45, 7) is 5.25. The lowest BCUT2D eigenvalue weighted by Gasteiger charge is -2.21. The van der Waals surface area contributed by atoms with Crippen molar-refractivity contribution in [1.29, 1.82) is 0 Å². The largest absolute Gasteiger partial charge is 0.481 e. The maximum atomic E-state index is 11.7. The molecule has 2 amide bonds. The molecule has 0 atom stereocenters. The number of rotatable bonds is 5. The number of aliphatic carboxylic acids is 1. The summed E-state index contributed by atoms with van der Waals surface area (Å²) in [5.74, 6) is -1.76. The van der Waals surface area contributed by atoms with Gasteiger partial charge in [0.25, 0.3) is 5.91 Å². The number of carbonyl (C=O) groups is 3. The average Bonchev–Trinajstić information content (AvgIpc) is 2.70. The second-order valence-corrected chi connectivity index (χ2v) is 6.61. The van der Waals surface area contributed by atoms with Crippen LogP contribution < -0.4 is 10.9 Å². The van der Waals surface area contributed by atoms with Gasteiger partial charge in [0.2, 0.25) is 5.91 Å². The zero-order valence-corrected chi connectivity index (χ0v) is 12.5. The van der Waals surface area contributed by atoms with E-state index in [2.05, 4.69) is 10.9 Å². The van der Waals surface area contributed by atoms with E-state index in [0.717, 1.165) is 4.88 Å². The summed E-state index contributed by atoms with van der Waals surface area (Å²) in [6, 6.07) is 3.49. The number of carbonyl (C=O) groups excluding carboxylic acids is 2. The molecule has 0 radical (unpaired) electrons. The van der Waals surface area contributed by atoms with Crippen LogP contribution in [0.15, 0.2) is 12.1 Å². The summed E-state index contributed by atoms with van der Waals surface area (Å²) in [5.41, 5.74) is 3.94. The van der Waals surface area contributed by atoms with Crippen molar-refractivity contribution in [2.24, 2.45) is 5.41 Å². The molecule has 1 rings (SSSR count). The van der Waals surface area contributed by atoms with Crippen LogP contribution in [-0.4, -0.2) is 22.9 Å². The molecular weight excluding hydrogens is 280 g/mol. The molecule has 0 saturated carbocycles. The first-order chi connectivity index (χ1) is 9.19. The van der Waals surface area contributed by atoms with Gasteiger partial charge >= 0.3 is 5.97 Å². The number of thiophene rings is 1. The number of hydrazine groups is 1. The van der Waals surface area contributed by atoms with Crippen LogP contribution in [-0.2, 0) is 9.59 Å². The van der Waals surface area contributed by atoms with E-state index in [-0.39, 0.29) is 18.7 Å². The van der Waals surface area contributed by atoms with Crippen LogP contribution >= 0.6 is 11.3 Å². The van der Waals surface area contributed by atoms with Gasteiger partial charge in [0.15, 0.2) is 0 Å². The fourth-order valence-corrected chi connectivity index (χ4v) is 2.46. The fourth-order valence-electron chi connectivity index (χ4n) is 1.70. The summed E-state index contributed by atoms with van der Waals surface area (Å²) >= 11 is 1.33. The Morgan fingerprint density at radius 2 is 1.85 bits per heavy atom. The highest BCUT2D eigenvalue weighted by molar-refractivity contribution is 7.13. The molecule has 1 aromatic rings. The Labute approximate surface area is 121 Å². The Morgan fingerprint density at radius 3 is 2.35 bits per heavy atom. The summed E-state index contributed by atoms with van der Waals surface area (Å²) < 4.78 is 0. The molecule has 0 fully saturated rings. The minimum atomic E-state index is -0.958. The van der Waals surface area contributed by atoms with Gasteiger partial charge in [-0.25, -0.2) is 0 Å². The van der Waals surface area contributed by atoms with Crippen LogP contribution in [0.25, 0.3) is 0 Å². The number of hydrogen-bond donors (Lipinski definition) is 3. The van der Waals surface area contributed by atoms with Crippen LogP contribution in [0.2, 0.25) is 0 Å². The first kappa shape index (κ1) is 16.2. The zero-order chi connectivity index (χ0) is 15.3. The van der Waals surface area contributed by atoms with Gasteiger partial charge in [0.1, 0.15) is 0 Å². The number of carboxylic acids is 1. The summed E-state index contributed by atoms with van der Waals surface area (Å²) in [5, 5.41) is 8.73. The molecule has 0 aliphatic heterocycles. The zero-order valence-electron chi connectivity index (χ0n) is 11.6. The number of aryl methyl sites for hydroxylation is 1. The Bertz CT molecular complexity index is 522. The molecule has 0 spiro atoms. The number of carboxylic acid groups (broad SMARTS) is 1. The van der Waals surface area contributed by atoms with E-state index < -0.39 is 17.3 Å². The summed E-state index contributed by atoms with van der Waals surface area (Å²) in [6.07, 6.45) is -0.0957. The maximum Gasteiger partial charge on any atom is 0.303 e. The monoisotopic (exact) mass is 298 g/mol. The predicted octanol–water partition coefficient (Wildman–Crippen LogP) is 1.71. The normalized spacial score (nSPS) is 10.9. The average molecular weight is 298 g/mol. The Kier molecular flexibility index (Phi) is 5.26.